The van der Waals surface area contributed by atoms with Gasteiger partial charge in [0.25, 0.3) is 0 Å². The van der Waals surface area contributed by atoms with Crippen LogP contribution in [-0.4, -0.2) is 16.2 Å². The first-order valence-corrected chi connectivity index (χ1v) is 7.09. The minimum Gasteiger partial charge on any atom is -0.508 e. The third kappa shape index (κ3) is 4.10. The van der Waals surface area contributed by atoms with Crippen LogP contribution < -0.4 is 0 Å². The maximum absolute atomic E-state index is 11.4. The van der Waals surface area contributed by atoms with Crippen molar-refractivity contribution in [1.82, 2.24) is 0 Å². The van der Waals surface area contributed by atoms with Gasteiger partial charge in [-0.2, -0.15) is 0 Å². The molecule has 0 saturated carbocycles. The average Bonchev–Trinajstić information content (AvgIpc) is 2.38. The van der Waals surface area contributed by atoms with Crippen LogP contribution in [0.25, 0.3) is 0 Å². The zero-order valence-corrected chi connectivity index (χ0v) is 12.4. The first-order valence-electron chi connectivity index (χ1n) is 6.30. The standard InChI is InChI=1S/C16H15BrO3/c17-14-5-1-3-11(9-14)7-13(16(19)20)8-12-4-2-6-15(18)10-12/h1-6,9-10,13,18H,7-8H2,(H,19,20). The van der Waals surface area contributed by atoms with E-state index in [0.29, 0.717) is 12.8 Å². The maximum Gasteiger partial charge on any atom is 0.307 e. The summed E-state index contributed by atoms with van der Waals surface area (Å²) < 4.78 is 0.941. The zero-order valence-electron chi connectivity index (χ0n) is 10.8. The molecule has 0 aromatic heterocycles. The molecule has 0 heterocycles. The molecule has 0 spiro atoms. The lowest BCUT2D eigenvalue weighted by atomic mass is 9.92. The Kier molecular flexibility index (Phi) is 4.79. The van der Waals surface area contributed by atoms with E-state index >= 15 is 0 Å². The number of carboxylic acids is 1. The van der Waals surface area contributed by atoms with Crippen LogP contribution >= 0.6 is 15.9 Å². The number of carbonyl (C=O) groups is 1. The predicted octanol–water partition coefficient (Wildman–Crippen LogP) is 3.64. The lowest BCUT2D eigenvalue weighted by Gasteiger charge is -2.13. The fourth-order valence-corrected chi connectivity index (χ4v) is 2.61. The minimum atomic E-state index is -0.826. The van der Waals surface area contributed by atoms with Crippen molar-refractivity contribution in [3.8, 4) is 5.75 Å². The van der Waals surface area contributed by atoms with Crippen LogP contribution in [0.2, 0.25) is 0 Å². The molecule has 1 atom stereocenters. The highest BCUT2D eigenvalue weighted by molar-refractivity contribution is 9.10. The molecule has 2 aromatic carbocycles. The van der Waals surface area contributed by atoms with Gasteiger partial charge in [-0.3, -0.25) is 4.79 Å². The normalized spacial score (nSPS) is 12.1. The number of halogens is 1. The van der Waals surface area contributed by atoms with Crippen LogP contribution in [0.1, 0.15) is 11.1 Å². The van der Waals surface area contributed by atoms with Gasteiger partial charge in [-0.25, -0.2) is 0 Å². The first-order chi connectivity index (χ1) is 9.54. The molecule has 0 aliphatic heterocycles. The molecule has 2 rings (SSSR count). The van der Waals surface area contributed by atoms with Gasteiger partial charge in [0.15, 0.2) is 0 Å². The summed E-state index contributed by atoms with van der Waals surface area (Å²) in [6, 6.07) is 14.4. The fourth-order valence-electron chi connectivity index (χ4n) is 2.16. The molecule has 2 aromatic rings. The number of aliphatic carboxylic acids is 1. The van der Waals surface area contributed by atoms with Crippen molar-refractivity contribution in [1.29, 1.82) is 0 Å². The summed E-state index contributed by atoms with van der Waals surface area (Å²) in [5.41, 5.74) is 1.80. The molecule has 1 unspecified atom stereocenters. The van der Waals surface area contributed by atoms with Crippen LogP contribution in [0.3, 0.4) is 0 Å². The number of benzene rings is 2. The van der Waals surface area contributed by atoms with Gasteiger partial charge in [0, 0.05) is 4.47 Å². The first kappa shape index (κ1) is 14.6. The second-order valence-electron chi connectivity index (χ2n) is 4.74. The van der Waals surface area contributed by atoms with Gasteiger partial charge in [-0.05, 0) is 48.2 Å². The van der Waals surface area contributed by atoms with Crippen LogP contribution in [0.15, 0.2) is 53.0 Å². The number of hydrogen-bond acceptors (Lipinski definition) is 2. The summed E-state index contributed by atoms with van der Waals surface area (Å²) in [5.74, 6) is -1.17. The highest BCUT2D eigenvalue weighted by atomic mass is 79.9. The van der Waals surface area contributed by atoms with Crippen molar-refractivity contribution in [2.45, 2.75) is 12.8 Å². The Hall–Kier alpha value is -1.81. The second-order valence-corrected chi connectivity index (χ2v) is 5.66. The molecule has 3 nitrogen and oxygen atoms in total. The Morgan fingerprint density at radius 2 is 1.65 bits per heavy atom. The van der Waals surface area contributed by atoms with E-state index in [2.05, 4.69) is 15.9 Å². The molecule has 104 valence electrons. The number of rotatable bonds is 5. The topological polar surface area (TPSA) is 57.5 Å². The Morgan fingerprint density at radius 1 is 1.05 bits per heavy atom. The van der Waals surface area contributed by atoms with Crippen molar-refractivity contribution in [3.05, 3.63) is 64.1 Å². The summed E-state index contributed by atoms with van der Waals surface area (Å²) in [6.07, 6.45) is 0.862. The van der Waals surface area contributed by atoms with Crippen LogP contribution in [0.4, 0.5) is 0 Å². The molecule has 2 N–H and O–H groups in total. The highest BCUT2D eigenvalue weighted by Crippen LogP contribution is 2.20. The van der Waals surface area contributed by atoms with E-state index in [4.69, 9.17) is 0 Å². The lowest BCUT2D eigenvalue weighted by Crippen LogP contribution is -2.19. The number of phenolic OH excluding ortho intramolecular Hbond substituents is 1. The number of carboxylic acid groups (broad SMARTS) is 1. The van der Waals surface area contributed by atoms with E-state index in [1.165, 1.54) is 0 Å². The SMILES string of the molecule is O=C(O)C(Cc1cccc(O)c1)Cc1cccc(Br)c1. The van der Waals surface area contributed by atoms with Gasteiger partial charge in [0.05, 0.1) is 5.92 Å². The minimum absolute atomic E-state index is 0.161. The molecule has 4 heteroatoms. The monoisotopic (exact) mass is 334 g/mol. The van der Waals surface area contributed by atoms with E-state index in [1.807, 2.05) is 30.3 Å². The summed E-state index contributed by atoms with van der Waals surface area (Å²) in [6.45, 7) is 0. The quantitative estimate of drug-likeness (QED) is 0.877. The Balaban J connectivity index is 2.13. The predicted molar refractivity (Wildman–Crippen MR) is 80.8 cm³/mol. The van der Waals surface area contributed by atoms with E-state index in [9.17, 15) is 15.0 Å². The lowest BCUT2D eigenvalue weighted by molar-refractivity contribution is -0.141. The van der Waals surface area contributed by atoms with Gasteiger partial charge < -0.3 is 10.2 Å². The summed E-state index contributed by atoms with van der Waals surface area (Å²) >= 11 is 3.38. The Bertz CT molecular complexity index is 563. The van der Waals surface area contributed by atoms with Gasteiger partial charge in [-0.1, -0.05) is 40.2 Å². The maximum atomic E-state index is 11.4. The average molecular weight is 335 g/mol. The van der Waals surface area contributed by atoms with Crippen molar-refractivity contribution in [2.24, 2.45) is 5.92 Å². The number of hydrogen-bond donors (Lipinski definition) is 2. The molecule has 0 fully saturated rings. The molecule has 0 amide bonds. The molecular weight excluding hydrogens is 320 g/mol. The van der Waals surface area contributed by atoms with Crippen molar-refractivity contribution >= 4 is 21.9 Å². The highest BCUT2D eigenvalue weighted by Gasteiger charge is 2.19. The summed E-state index contributed by atoms with van der Waals surface area (Å²) in [4.78, 5) is 11.4. The van der Waals surface area contributed by atoms with Crippen LogP contribution in [0.5, 0.6) is 5.75 Å². The third-order valence-corrected chi connectivity index (χ3v) is 3.61. The van der Waals surface area contributed by atoms with Gasteiger partial charge >= 0.3 is 5.97 Å². The van der Waals surface area contributed by atoms with E-state index < -0.39 is 11.9 Å². The Morgan fingerprint density at radius 3 is 2.20 bits per heavy atom. The second kappa shape index (κ2) is 6.57. The summed E-state index contributed by atoms with van der Waals surface area (Å²) in [7, 11) is 0. The van der Waals surface area contributed by atoms with E-state index in [-0.39, 0.29) is 5.75 Å². The number of phenols is 1. The molecule has 0 aliphatic rings. The molecule has 0 bridgehead atoms. The third-order valence-electron chi connectivity index (χ3n) is 3.11. The van der Waals surface area contributed by atoms with Crippen molar-refractivity contribution in [3.63, 3.8) is 0 Å². The van der Waals surface area contributed by atoms with Crippen molar-refractivity contribution in [2.75, 3.05) is 0 Å². The molecule has 20 heavy (non-hydrogen) atoms. The van der Waals surface area contributed by atoms with Gasteiger partial charge in [0.1, 0.15) is 5.75 Å². The molecule has 0 radical (unpaired) electrons. The molecule has 0 aliphatic carbocycles. The molecule has 0 saturated heterocycles. The van der Waals surface area contributed by atoms with Crippen LogP contribution in [0, 0.1) is 5.92 Å². The van der Waals surface area contributed by atoms with Crippen molar-refractivity contribution < 1.29 is 15.0 Å². The fraction of sp³-hybridized carbons (Fsp3) is 0.188. The molecular formula is C16H15BrO3. The van der Waals surface area contributed by atoms with Gasteiger partial charge in [-0.15, -0.1) is 0 Å². The number of aromatic hydroxyl groups is 1. The largest absolute Gasteiger partial charge is 0.508 e. The van der Waals surface area contributed by atoms with Gasteiger partial charge in [0.2, 0.25) is 0 Å². The van der Waals surface area contributed by atoms with E-state index in [1.54, 1.807) is 18.2 Å². The van der Waals surface area contributed by atoms with E-state index in [0.717, 1.165) is 15.6 Å². The zero-order chi connectivity index (χ0) is 14.5. The summed E-state index contributed by atoms with van der Waals surface area (Å²) in [5, 5.41) is 18.8. The Labute approximate surface area is 126 Å². The van der Waals surface area contributed by atoms with Crippen LogP contribution in [-0.2, 0) is 17.6 Å². The smallest absolute Gasteiger partial charge is 0.307 e.